The summed E-state index contributed by atoms with van der Waals surface area (Å²) in [5.74, 6) is -0.382. The van der Waals surface area contributed by atoms with E-state index in [1.165, 1.54) is 11.7 Å². The quantitative estimate of drug-likeness (QED) is 0.618. The van der Waals surface area contributed by atoms with Crippen LogP contribution < -0.4 is 0 Å². The molecule has 5 nitrogen and oxygen atoms in total. The largest absolute Gasteiger partial charge is 0.465 e. The number of esters is 1. The Morgan fingerprint density at radius 2 is 1.62 bits per heavy atom. The summed E-state index contributed by atoms with van der Waals surface area (Å²) in [5, 5.41) is 0.934. The van der Waals surface area contributed by atoms with Crippen LogP contribution >= 0.6 is 0 Å². The van der Waals surface area contributed by atoms with Crippen LogP contribution in [-0.4, -0.2) is 29.3 Å². The fourth-order valence-electron chi connectivity index (χ4n) is 2.78. The number of rotatable bonds is 2. The van der Waals surface area contributed by atoms with Crippen LogP contribution in [-0.2, 0) is 9.47 Å². The van der Waals surface area contributed by atoms with E-state index >= 15 is 0 Å². The van der Waals surface area contributed by atoms with Gasteiger partial charge in [0.15, 0.2) is 0 Å². The van der Waals surface area contributed by atoms with Gasteiger partial charge < -0.3 is 9.47 Å². The molecule has 0 N–H and O–H groups in total. The molecule has 0 amide bonds. The van der Waals surface area contributed by atoms with Crippen molar-refractivity contribution in [3.8, 4) is 11.1 Å². The first-order chi connectivity index (χ1) is 12.3. The van der Waals surface area contributed by atoms with Crippen molar-refractivity contribution in [3.63, 3.8) is 0 Å². The number of carbonyl (C=O) groups excluding carboxylic acids is 2. The fourth-order valence-corrected chi connectivity index (χ4v) is 2.78. The molecule has 0 atom stereocenters. The normalized spacial score (nSPS) is 11.4. The SMILES string of the molecule is COC(=O)c1ccc(-c2cn(C(=O)OC(C)(C)C)c3ccccc23)cc1. The average molecular weight is 351 g/mol. The molecule has 1 aromatic heterocycles. The van der Waals surface area contributed by atoms with Crippen LogP contribution in [0.5, 0.6) is 0 Å². The van der Waals surface area contributed by atoms with Crippen LogP contribution in [0.2, 0.25) is 0 Å². The van der Waals surface area contributed by atoms with Gasteiger partial charge in [-0.2, -0.15) is 0 Å². The number of carbonyl (C=O) groups is 2. The highest BCUT2D eigenvalue weighted by molar-refractivity contribution is 6.01. The first kappa shape index (κ1) is 17.7. The van der Waals surface area contributed by atoms with Crippen molar-refractivity contribution < 1.29 is 19.1 Å². The summed E-state index contributed by atoms with van der Waals surface area (Å²) in [4.78, 5) is 24.2. The van der Waals surface area contributed by atoms with Crippen molar-refractivity contribution in [2.45, 2.75) is 26.4 Å². The molecule has 0 saturated heterocycles. The highest BCUT2D eigenvalue weighted by atomic mass is 16.6. The van der Waals surface area contributed by atoms with Crippen molar-refractivity contribution >= 4 is 23.0 Å². The Morgan fingerprint density at radius 3 is 2.23 bits per heavy atom. The van der Waals surface area contributed by atoms with E-state index in [0.29, 0.717) is 5.56 Å². The first-order valence-electron chi connectivity index (χ1n) is 8.32. The zero-order valence-corrected chi connectivity index (χ0v) is 15.3. The van der Waals surface area contributed by atoms with Gasteiger partial charge in [0.25, 0.3) is 0 Å². The zero-order valence-electron chi connectivity index (χ0n) is 15.3. The van der Waals surface area contributed by atoms with Gasteiger partial charge in [-0.05, 0) is 44.5 Å². The molecule has 26 heavy (non-hydrogen) atoms. The number of benzene rings is 2. The molecule has 0 aliphatic heterocycles. The molecule has 0 spiro atoms. The van der Waals surface area contributed by atoms with E-state index in [1.54, 1.807) is 18.3 Å². The minimum atomic E-state index is -0.579. The topological polar surface area (TPSA) is 57.5 Å². The van der Waals surface area contributed by atoms with Gasteiger partial charge in [0, 0.05) is 17.1 Å². The van der Waals surface area contributed by atoms with Gasteiger partial charge in [-0.1, -0.05) is 30.3 Å². The van der Waals surface area contributed by atoms with Crippen molar-refractivity contribution in [1.82, 2.24) is 4.57 Å². The summed E-state index contributed by atoms with van der Waals surface area (Å²) < 4.78 is 11.8. The Bertz CT molecular complexity index is 962. The van der Waals surface area contributed by atoms with Crippen molar-refractivity contribution in [1.29, 1.82) is 0 Å². The number of methoxy groups -OCH3 is 1. The second-order valence-electron chi connectivity index (χ2n) is 6.98. The van der Waals surface area contributed by atoms with Crippen LogP contribution in [0.1, 0.15) is 31.1 Å². The molecule has 0 unspecified atom stereocenters. The molecular formula is C21H21NO4. The summed E-state index contributed by atoms with van der Waals surface area (Å²) in [6.45, 7) is 5.51. The Balaban J connectivity index is 2.07. The summed E-state index contributed by atoms with van der Waals surface area (Å²) in [6.07, 6.45) is 1.34. The maximum Gasteiger partial charge on any atom is 0.419 e. The summed E-state index contributed by atoms with van der Waals surface area (Å²) in [7, 11) is 1.35. The zero-order chi connectivity index (χ0) is 18.9. The van der Waals surface area contributed by atoms with E-state index in [9.17, 15) is 9.59 Å². The lowest BCUT2D eigenvalue weighted by Crippen LogP contribution is -2.26. The Morgan fingerprint density at radius 1 is 0.962 bits per heavy atom. The third kappa shape index (κ3) is 3.47. The molecule has 134 valence electrons. The Kier molecular flexibility index (Phi) is 4.55. The van der Waals surface area contributed by atoms with Gasteiger partial charge in [0.1, 0.15) is 5.60 Å². The van der Waals surface area contributed by atoms with E-state index in [4.69, 9.17) is 9.47 Å². The lowest BCUT2D eigenvalue weighted by molar-refractivity contribution is 0.0543. The average Bonchev–Trinajstić information content (AvgIpc) is 2.99. The van der Waals surface area contributed by atoms with Crippen molar-refractivity contribution in [3.05, 3.63) is 60.3 Å². The molecule has 5 heteroatoms. The Labute approximate surface area is 152 Å². The maximum atomic E-state index is 12.6. The highest BCUT2D eigenvalue weighted by Gasteiger charge is 2.21. The van der Waals surface area contributed by atoms with Crippen LogP contribution in [0.4, 0.5) is 4.79 Å². The number of para-hydroxylation sites is 1. The second kappa shape index (κ2) is 6.67. The minimum absolute atomic E-state index is 0.382. The highest BCUT2D eigenvalue weighted by Crippen LogP contribution is 2.31. The number of ether oxygens (including phenoxy) is 2. The number of hydrogen-bond donors (Lipinski definition) is 0. The summed E-state index contributed by atoms with van der Waals surface area (Å²) >= 11 is 0. The number of fused-ring (bicyclic) bond motifs is 1. The lowest BCUT2D eigenvalue weighted by Gasteiger charge is -2.19. The molecule has 2 aromatic carbocycles. The summed E-state index contributed by atoms with van der Waals surface area (Å²) in [6, 6.07) is 14.7. The molecular weight excluding hydrogens is 330 g/mol. The lowest BCUT2D eigenvalue weighted by atomic mass is 10.0. The van der Waals surface area contributed by atoms with E-state index in [-0.39, 0.29) is 5.97 Å². The van der Waals surface area contributed by atoms with Gasteiger partial charge in [-0.3, -0.25) is 4.57 Å². The molecule has 0 aliphatic rings. The predicted octanol–water partition coefficient (Wildman–Crippen LogP) is 4.88. The summed E-state index contributed by atoms with van der Waals surface area (Å²) in [5.41, 5.74) is 2.46. The molecule has 0 aliphatic carbocycles. The molecule has 3 aromatic rings. The number of nitrogens with zero attached hydrogens (tertiary/aromatic N) is 1. The molecule has 0 saturated carbocycles. The Hall–Kier alpha value is -3.08. The van der Waals surface area contributed by atoms with Gasteiger partial charge >= 0.3 is 12.1 Å². The van der Waals surface area contributed by atoms with Crippen LogP contribution in [0.25, 0.3) is 22.0 Å². The number of hydrogen-bond acceptors (Lipinski definition) is 4. The van der Waals surface area contributed by atoms with Crippen LogP contribution in [0.15, 0.2) is 54.7 Å². The second-order valence-corrected chi connectivity index (χ2v) is 6.98. The minimum Gasteiger partial charge on any atom is -0.465 e. The van der Waals surface area contributed by atoms with Crippen LogP contribution in [0.3, 0.4) is 0 Å². The molecule has 0 bridgehead atoms. The molecule has 1 heterocycles. The van der Waals surface area contributed by atoms with Gasteiger partial charge in [0.2, 0.25) is 0 Å². The monoisotopic (exact) mass is 351 g/mol. The molecule has 3 rings (SSSR count). The third-order valence-electron chi connectivity index (χ3n) is 3.92. The third-order valence-corrected chi connectivity index (χ3v) is 3.92. The van der Waals surface area contributed by atoms with E-state index < -0.39 is 11.7 Å². The maximum absolute atomic E-state index is 12.6. The smallest absolute Gasteiger partial charge is 0.419 e. The molecule has 0 fully saturated rings. The van der Waals surface area contributed by atoms with E-state index in [1.807, 2.05) is 57.2 Å². The van der Waals surface area contributed by atoms with Gasteiger partial charge in [-0.15, -0.1) is 0 Å². The van der Waals surface area contributed by atoms with Crippen molar-refractivity contribution in [2.75, 3.05) is 7.11 Å². The molecule has 0 radical (unpaired) electrons. The van der Waals surface area contributed by atoms with E-state index in [2.05, 4.69) is 0 Å². The number of aromatic nitrogens is 1. The van der Waals surface area contributed by atoms with Gasteiger partial charge in [0.05, 0.1) is 18.2 Å². The van der Waals surface area contributed by atoms with Crippen molar-refractivity contribution in [2.24, 2.45) is 0 Å². The van der Waals surface area contributed by atoms with Gasteiger partial charge in [-0.25, -0.2) is 9.59 Å². The first-order valence-corrected chi connectivity index (χ1v) is 8.32. The van der Waals surface area contributed by atoms with E-state index in [0.717, 1.165) is 22.0 Å². The fraction of sp³-hybridized carbons (Fsp3) is 0.238. The predicted molar refractivity (Wildman–Crippen MR) is 100 cm³/mol. The standard InChI is InChI=1S/C21H21NO4/c1-21(2,3)26-20(24)22-13-17(16-7-5-6-8-18(16)22)14-9-11-15(12-10-14)19(23)25-4/h5-13H,1-4H3. The van der Waals surface area contributed by atoms with Crippen LogP contribution in [0, 0.1) is 0 Å².